The number of carbonyl (C=O) groups excluding carboxylic acids is 1. The average Bonchev–Trinajstić information content (AvgIpc) is 2.66. The Morgan fingerprint density at radius 3 is 2.07 bits per heavy atom. The van der Waals surface area contributed by atoms with Crippen LogP contribution in [0.4, 0.5) is 17.1 Å². The Balaban J connectivity index is 1.95. The predicted molar refractivity (Wildman–Crippen MR) is 105 cm³/mol. The summed E-state index contributed by atoms with van der Waals surface area (Å²) in [5, 5.41) is 8.24. The standard InChI is InChI=1S/C19H21N3O4S/c1-4-19(23)26-14-13-22(2)17-9-5-15(6-10-17)20-21-16-7-11-18(12-8-16)27(3,24)25/h4-12H,1,13-14H2,2-3H3/b21-20+. The van der Waals surface area contributed by atoms with E-state index in [2.05, 4.69) is 16.8 Å². The molecule has 0 aliphatic carbocycles. The summed E-state index contributed by atoms with van der Waals surface area (Å²) >= 11 is 0. The minimum absolute atomic E-state index is 0.243. The van der Waals surface area contributed by atoms with E-state index < -0.39 is 15.8 Å². The van der Waals surface area contributed by atoms with Crippen LogP contribution < -0.4 is 4.90 Å². The second-order valence-corrected chi connectivity index (χ2v) is 7.79. The number of sulfone groups is 1. The molecule has 0 aromatic heterocycles. The van der Waals surface area contributed by atoms with E-state index in [0.717, 1.165) is 18.0 Å². The Labute approximate surface area is 158 Å². The average molecular weight is 387 g/mol. The highest BCUT2D eigenvalue weighted by molar-refractivity contribution is 7.90. The monoisotopic (exact) mass is 387 g/mol. The molecule has 0 amide bonds. The van der Waals surface area contributed by atoms with Gasteiger partial charge in [-0.05, 0) is 48.5 Å². The van der Waals surface area contributed by atoms with E-state index in [1.807, 2.05) is 36.2 Å². The summed E-state index contributed by atoms with van der Waals surface area (Å²) in [6.07, 6.45) is 2.29. The van der Waals surface area contributed by atoms with E-state index in [4.69, 9.17) is 4.74 Å². The fraction of sp³-hybridized carbons (Fsp3) is 0.211. The van der Waals surface area contributed by atoms with Crippen molar-refractivity contribution in [3.8, 4) is 0 Å². The van der Waals surface area contributed by atoms with Crippen molar-refractivity contribution >= 4 is 32.9 Å². The van der Waals surface area contributed by atoms with Crippen molar-refractivity contribution in [2.24, 2.45) is 10.2 Å². The van der Waals surface area contributed by atoms with Crippen LogP contribution in [0.2, 0.25) is 0 Å². The molecule has 0 heterocycles. The first-order valence-corrected chi connectivity index (χ1v) is 10.0. The second kappa shape index (κ2) is 9.09. The smallest absolute Gasteiger partial charge is 0.330 e. The first kappa shape index (κ1) is 20.3. The molecular formula is C19H21N3O4S. The summed E-state index contributed by atoms with van der Waals surface area (Å²) < 4.78 is 27.8. The molecule has 0 fully saturated rings. The molecule has 0 aliphatic heterocycles. The van der Waals surface area contributed by atoms with Gasteiger partial charge in [0.05, 0.1) is 22.8 Å². The number of anilines is 1. The lowest BCUT2D eigenvalue weighted by atomic mass is 10.2. The maximum absolute atomic E-state index is 11.4. The van der Waals surface area contributed by atoms with Crippen molar-refractivity contribution in [2.75, 3.05) is 31.4 Å². The van der Waals surface area contributed by atoms with E-state index >= 15 is 0 Å². The fourth-order valence-corrected chi connectivity index (χ4v) is 2.75. The quantitative estimate of drug-likeness (QED) is 0.392. The van der Waals surface area contributed by atoms with Crippen molar-refractivity contribution in [2.45, 2.75) is 4.90 Å². The zero-order valence-electron chi connectivity index (χ0n) is 15.2. The van der Waals surface area contributed by atoms with Gasteiger partial charge in [0, 0.05) is 25.1 Å². The molecule has 0 unspecified atom stereocenters. The van der Waals surface area contributed by atoms with Crippen molar-refractivity contribution in [3.63, 3.8) is 0 Å². The summed E-state index contributed by atoms with van der Waals surface area (Å²) in [7, 11) is -1.33. The zero-order chi connectivity index (χ0) is 19.9. The number of carbonyl (C=O) groups is 1. The maximum atomic E-state index is 11.4. The topological polar surface area (TPSA) is 88.4 Å². The number of esters is 1. The molecule has 0 aliphatic rings. The minimum Gasteiger partial charge on any atom is -0.461 e. The van der Waals surface area contributed by atoms with Gasteiger partial charge in [0.25, 0.3) is 0 Å². The third-order valence-corrected chi connectivity index (χ3v) is 4.80. The maximum Gasteiger partial charge on any atom is 0.330 e. The van der Waals surface area contributed by atoms with Gasteiger partial charge in [0.1, 0.15) is 6.61 Å². The largest absolute Gasteiger partial charge is 0.461 e. The molecule has 2 aromatic rings. The Bertz CT molecular complexity index is 920. The van der Waals surface area contributed by atoms with Crippen LogP contribution in [-0.2, 0) is 19.4 Å². The summed E-state index contributed by atoms with van der Waals surface area (Å²) in [6, 6.07) is 13.6. The molecule has 0 spiro atoms. The molecule has 27 heavy (non-hydrogen) atoms. The Hall–Kier alpha value is -3.00. The van der Waals surface area contributed by atoms with E-state index in [-0.39, 0.29) is 11.5 Å². The number of benzene rings is 2. The molecule has 0 N–H and O–H groups in total. The number of hydrogen-bond donors (Lipinski definition) is 0. The summed E-state index contributed by atoms with van der Waals surface area (Å²) in [4.78, 5) is 13.2. The van der Waals surface area contributed by atoms with Crippen LogP contribution >= 0.6 is 0 Å². The zero-order valence-corrected chi connectivity index (χ0v) is 16.0. The molecular weight excluding hydrogens is 366 g/mol. The van der Waals surface area contributed by atoms with Gasteiger partial charge in [-0.2, -0.15) is 10.2 Å². The Morgan fingerprint density at radius 2 is 1.59 bits per heavy atom. The van der Waals surface area contributed by atoms with E-state index in [1.165, 1.54) is 12.1 Å². The lowest BCUT2D eigenvalue weighted by Crippen LogP contribution is -2.23. The van der Waals surface area contributed by atoms with Gasteiger partial charge in [-0.1, -0.05) is 6.58 Å². The van der Waals surface area contributed by atoms with Crippen LogP contribution in [-0.4, -0.2) is 40.8 Å². The van der Waals surface area contributed by atoms with Crippen molar-refractivity contribution < 1.29 is 17.9 Å². The van der Waals surface area contributed by atoms with Gasteiger partial charge in [0.15, 0.2) is 9.84 Å². The number of azo groups is 1. The second-order valence-electron chi connectivity index (χ2n) is 5.78. The van der Waals surface area contributed by atoms with Crippen LogP contribution in [0.1, 0.15) is 0 Å². The van der Waals surface area contributed by atoms with E-state index in [1.54, 1.807) is 12.1 Å². The molecule has 0 saturated carbocycles. The molecule has 0 bridgehead atoms. The molecule has 0 saturated heterocycles. The molecule has 0 atom stereocenters. The SMILES string of the molecule is C=CC(=O)OCCN(C)c1ccc(/N=N/c2ccc(S(C)(=O)=O)cc2)cc1. The molecule has 2 aromatic carbocycles. The summed E-state index contributed by atoms with van der Waals surface area (Å²) in [5.74, 6) is -0.441. The number of nitrogens with zero attached hydrogens (tertiary/aromatic N) is 3. The lowest BCUT2D eigenvalue weighted by Gasteiger charge is -2.18. The van der Waals surface area contributed by atoms with Gasteiger partial charge in [0.2, 0.25) is 0 Å². The van der Waals surface area contributed by atoms with Crippen LogP contribution in [0.15, 0.2) is 76.3 Å². The molecule has 0 radical (unpaired) electrons. The first-order chi connectivity index (χ1) is 12.8. The van der Waals surface area contributed by atoms with Gasteiger partial charge in [-0.15, -0.1) is 0 Å². The molecule has 7 nitrogen and oxygen atoms in total. The number of likely N-dealkylation sites (N-methyl/N-ethyl adjacent to an activating group) is 1. The van der Waals surface area contributed by atoms with Gasteiger partial charge in [-0.3, -0.25) is 0 Å². The Kier molecular flexibility index (Phi) is 6.84. The Morgan fingerprint density at radius 1 is 1.07 bits per heavy atom. The van der Waals surface area contributed by atoms with Crippen LogP contribution in [0.25, 0.3) is 0 Å². The van der Waals surface area contributed by atoms with E-state index in [9.17, 15) is 13.2 Å². The normalized spacial score (nSPS) is 11.3. The van der Waals surface area contributed by atoms with Crippen molar-refractivity contribution in [1.82, 2.24) is 0 Å². The minimum atomic E-state index is -3.22. The predicted octanol–water partition coefficient (Wildman–Crippen LogP) is 3.67. The van der Waals surface area contributed by atoms with Crippen LogP contribution in [0.5, 0.6) is 0 Å². The third kappa shape index (κ3) is 6.34. The van der Waals surface area contributed by atoms with E-state index in [0.29, 0.717) is 17.9 Å². The highest BCUT2D eigenvalue weighted by Gasteiger charge is 2.06. The molecule has 2 rings (SSSR count). The van der Waals surface area contributed by atoms with Gasteiger partial charge in [-0.25, -0.2) is 13.2 Å². The van der Waals surface area contributed by atoms with Crippen LogP contribution in [0.3, 0.4) is 0 Å². The summed E-state index contributed by atoms with van der Waals surface area (Å²) in [6.45, 7) is 4.17. The fourth-order valence-electron chi connectivity index (χ4n) is 2.12. The molecule has 8 heteroatoms. The first-order valence-electron chi connectivity index (χ1n) is 8.12. The molecule has 142 valence electrons. The lowest BCUT2D eigenvalue weighted by molar-refractivity contribution is -0.137. The highest BCUT2D eigenvalue weighted by atomic mass is 32.2. The van der Waals surface area contributed by atoms with Crippen LogP contribution in [0, 0.1) is 0 Å². The number of rotatable bonds is 8. The summed E-state index contributed by atoms with van der Waals surface area (Å²) in [5.41, 5.74) is 2.17. The third-order valence-electron chi connectivity index (χ3n) is 3.67. The van der Waals surface area contributed by atoms with Gasteiger partial charge >= 0.3 is 5.97 Å². The van der Waals surface area contributed by atoms with Crippen molar-refractivity contribution in [1.29, 1.82) is 0 Å². The number of ether oxygens (including phenoxy) is 1. The van der Waals surface area contributed by atoms with Gasteiger partial charge < -0.3 is 9.64 Å². The number of hydrogen-bond acceptors (Lipinski definition) is 7. The van der Waals surface area contributed by atoms with Crippen molar-refractivity contribution in [3.05, 3.63) is 61.2 Å². The highest BCUT2D eigenvalue weighted by Crippen LogP contribution is 2.22.